The predicted octanol–water partition coefficient (Wildman–Crippen LogP) is 1.76. The predicted molar refractivity (Wildman–Crippen MR) is 66.5 cm³/mol. The summed E-state index contributed by atoms with van der Waals surface area (Å²) in [5, 5.41) is 5.12. The van der Waals surface area contributed by atoms with E-state index in [1.807, 2.05) is 0 Å². The topological polar surface area (TPSA) is 59.6 Å². The van der Waals surface area contributed by atoms with Crippen LogP contribution >= 0.6 is 0 Å². The van der Waals surface area contributed by atoms with Gasteiger partial charge in [-0.05, 0) is 12.1 Å². The molecule has 0 saturated heterocycles. The van der Waals surface area contributed by atoms with Crippen molar-refractivity contribution in [2.75, 3.05) is 32.1 Å². The van der Waals surface area contributed by atoms with Crippen molar-refractivity contribution < 1.29 is 27.4 Å². The van der Waals surface area contributed by atoms with Gasteiger partial charge in [-0.25, -0.2) is 0 Å². The van der Waals surface area contributed by atoms with E-state index in [4.69, 9.17) is 4.74 Å². The van der Waals surface area contributed by atoms with Gasteiger partial charge in [-0.15, -0.1) is 13.2 Å². The van der Waals surface area contributed by atoms with E-state index < -0.39 is 18.0 Å². The fourth-order valence-electron chi connectivity index (χ4n) is 1.35. The number of hydrogen-bond acceptors (Lipinski definition) is 4. The van der Waals surface area contributed by atoms with E-state index in [1.54, 1.807) is 0 Å². The Labute approximate surface area is 114 Å². The van der Waals surface area contributed by atoms with Gasteiger partial charge in [-0.1, -0.05) is 12.1 Å². The highest BCUT2D eigenvalue weighted by Gasteiger charge is 2.32. The van der Waals surface area contributed by atoms with Crippen LogP contribution in [0, 0.1) is 0 Å². The molecule has 8 heteroatoms. The van der Waals surface area contributed by atoms with Crippen molar-refractivity contribution in [2.24, 2.45) is 0 Å². The van der Waals surface area contributed by atoms with Crippen molar-refractivity contribution >= 4 is 11.6 Å². The van der Waals surface area contributed by atoms with Crippen molar-refractivity contribution in [1.29, 1.82) is 0 Å². The van der Waals surface area contributed by atoms with Gasteiger partial charge in [0, 0.05) is 13.7 Å². The summed E-state index contributed by atoms with van der Waals surface area (Å²) in [5.41, 5.74) is -0.0385. The Hall–Kier alpha value is -1.80. The van der Waals surface area contributed by atoms with Crippen LogP contribution in [0.4, 0.5) is 18.9 Å². The minimum Gasteiger partial charge on any atom is -0.404 e. The number of methoxy groups -OCH3 is 1. The molecule has 0 aliphatic carbocycles. The minimum atomic E-state index is -4.81. The second-order valence-corrected chi connectivity index (χ2v) is 3.76. The molecule has 1 aromatic rings. The number of para-hydroxylation sites is 2. The summed E-state index contributed by atoms with van der Waals surface area (Å²) >= 11 is 0. The number of carbonyl (C=O) groups is 1. The molecule has 5 nitrogen and oxygen atoms in total. The molecule has 0 bridgehead atoms. The third kappa shape index (κ3) is 6.39. The molecule has 20 heavy (non-hydrogen) atoms. The molecule has 0 heterocycles. The molecule has 0 spiro atoms. The molecule has 1 rings (SSSR count). The quantitative estimate of drug-likeness (QED) is 0.752. The number of nitrogens with one attached hydrogen (secondary N) is 2. The standard InChI is InChI=1S/C12H15F3N2O3/c1-19-7-6-16-8-11(18)17-9-4-2-3-5-10(9)20-12(13,14)15/h2-5,16H,6-8H2,1H3,(H,17,18). The highest BCUT2D eigenvalue weighted by atomic mass is 19.4. The number of alkyl halides is 3. The van der Waals surface area contributed by atoms with E-state index in [0.717, 1.165) is 6.07 Å². The second kappa shape index (κ2) is 7.71. The van der Waals surface area contributed by atoms with E-state index >= 15 is 0 Å². The number of amides is 1. The van der Waals surface area contributed by atoms with Gasteiger partial charge in [0.2, 0.25) is 5.91 Å². The van der Waals surface area contributed by atoms with Gasteiger partial charge in [0.25, 0.3) is 0 Å². The SMILES string of the molecule is COCCNCC(=O)Nc1ccccc1OC(F)(F)F. The summed E-state index contributed by atoms with van der Waals surface area (Å²) in [6, 6.07) is 5.33. The molecule has 0 radical (unpaired) electrons. The number of halogens is 3. The van der Waals surface area contributed by atoms with E-state index in [2.05, 4.69) is 15.4 Å². The third-order valence-corrected chi connectivity index (χ3v) is 2.16. The van der Waals surface area contributed by atoms with E-state index in [0.29, 0.717) is 13.2 Å². The monoisotopic (exact) mass is 292 g/mol. The Morgan fingerprint density at radius 2 is 2.00 bits per heavy atom. The van der Waals surface area contributed by atoms with Crippen molar-refractivity contribution in [3.8, 4) is 5.75 Å². The highest BCUT2D eigenvalue weighted by Crippen LogP contribution is 2.29. The van der Waals surface area contributed by atoms with Crippen LogP contribution in [0.1, 0.15) is 0 Å². The number of ether oxygens (including phenoxy) is 2. The van der Waals surface area contributed by atoms with Gasteiger partial charge < -0.3 is 20.1 Å². The van der Waals surface area contributed by atoms with E-state index in [9.17, 15) is 18.0 Å². The first-order chi connectivity index (χ1) is 9.42. The van der Waals surface area contributed by atoms with Crippen LogP contribution < -0.4 is 15.4 Å². The van der Waals surface area contributed by atoms with Gasteiger partial charge >= 0.3 is 6.36 Å². The summed E-state index contributed by atoms with van der Waals surface area (Å²) in [6.45, 7) is 0.857. The lowest BCUT2D eigenvalue weighted by Crippen LogP contribution is -2.30. The Bertz CT molecular complexity index is 438. The molecular formula is C12H15F3N2O3. The van der Waals surface area contributed by atoms with E-state index in [1.165, 1.54) is 25.3 Å². The van der Waals surface area contributed by atoms with E-state index in [-0.39, 0.29) is 12.2 Å². The molecule has 0 aromatic heterocycles. The minimum absolute atomic E-state index is 0.0380. The zero-order chi connectivity index (χ0) is 15.0. The lowest BCUT2D eigenvalue weighted by Gasteiger charge is -2.13. The maximum atomic E-state index is 12.2. The summed E-state index contributed by atoms with van der Waals surface area (Å²) in [4.78, 5) is 11.5. The summed E-state index contributed by atoms with van der Waals surface area (Å²) in [6.07, 6.45) is -4.81. The molecular weight excluding hydrogens is 277 g/mol. The van der Waals surface area contributed by atoms with Crippen molar-refractivity contribution in [2.45, 2.75) is 6.36 Å². The highest BCUT2D eigenvalue weighted by molar-refractivity contribution is 5.93. The smallest absolute Gasteiger partial charge is 0.404 e. The fraction of sp³-hybridized carbons (Fsp3) is 0.417. The Balaban J connectivity index is 2.56. The molecule has 112 valence electrons. The number of benzene rings is 1. The van der Waals surface area contributed by atoms with Gasteiger partial charge in [0.05, 0.1) is 18.8 Å². The molecule has 0 atom stereocenters. The number of carbonyl (C=O) groups excluding carboxylic acids is 1. The lowest BCUT2D eigenvalue weighted by atomic mass is 10.3. The van der Waals surface area contributed by atoms with Crippen LogP contribution in [0.3, 0.4) is 0 Å². The molecule has 0 aliphatic rings. The van der Waals surface area contributed by atoms with Crippen LogP contribution in [0.25, 0.3) is 0 Å². The lowest BCUT2D eigenvalue weighted by molar-refractivity contribution is -0.274. The normalized spacial score (nSPS) is 11.2. The zero-order valence-electron chi connectivity index (χ0n) is 10.8. The molecule has 0 unspecified atom stereocenters. The second-order valence-electron chi connectivity index (χ2n) is 3.76. The van der Waals surface area contributed by atoms with Gasteiger partial charge in [-0.3, -0.25) is 4.79 Å². The van der Waals surface area contributed by atoms with Crippen LogP contribution in [0.2, 0.25) is 0 Å². The first kappa shape index (κ1) is 16.3. The molecule has 1 aromatic carbocycles. The zero-order valence-corrected chi connectivity index (χ0v) is 10.8. The van der Waals surface area contributed by atoms with Crippen LogP contribution in [-0.4, -0.2) is 39.1 Å². The number of hydrogen-bond donors (Lipinski definition) is 2. The Morgan fingerprint density at radius 1 is 1.30 bits per heavy atom. The van der Waals surface area contributed by atoms with Crippen molar-refractivity contribution in [3.63, 3.8) is 0 Å². The summed E-state index contributed by atoms with van der Waals surface area (Å²) in [7, 11) is 1.52. The average Bonchev–Trinajstić information content (AvgIpc) is 2.35. The van der Waals surface area contributed by atoms with Crippen molar-refractivity contribution in [3.05, 3.63) is 24.3 Å². The first-order valence-corrected chi connectivity index (χ1v) is 5.76. The van der Waals surface area contributed by atoms with Gasteiger partial charge in [0.1, 0.15) is 0 Å². The largest absolute Gasteiger partial charge is 0.573 e. The average molecular weight is 292 g/mol. The molecule has 0 aliphatic heterocycles. The fourth-order valence-corrected chi connectivity index (χ4v) is 1.35. The number of rotatable bonds is 7. The first-order valence-electron chi connectivity index (χ1n) is 5.76. The van der Waals surface area contributed by atoms with Crippen LogP contribution in [-0.2, 0) is 9.53 Å². The summed E-state index contributed by atoms with van der Waals surface area (Å²) in [5.74, 6) is -0.926. The van der Waals surface area contributed by atoms with Crippen molar-refractivity contribution in [1.82, 2.24) is 5.32 Å². The molecule has 0 fully saturated rings. The summed E-state index contributed by atoms with van der Waals surface area (Å²) < 4.78 is 45.2. The van der Waals surface area contributed by atoms with Gasteiger partial charge in [0.15, 0.2) is 5.75 Å². The Kier molecular flexibility index (Phi) is 6.26. The maximum absolute atomic E-state index is 12.2. The number of anilines is 1. The molecule has 0 saturated carbocycles. The van der Waals surface area contributed by atoms with Crippen LogP contribution in [0.5, 0.6) is 5.75 Å². The third-order valence-electron chi connectivity index (χ3n) is 2.16. The van der Waals surface area contributed by atoms with Crippen LogP contribution in [0.15, 0.2) is 24.3 Å². The molecule has 2 N–H and O–H groups in total. The van der Waals surface area contributed by atoms with Gasteiger partial charge in [-0.2, -0.15) is 0 Å². The Morgan fingerprint density at radius 3 is 2.65 bits per heavy atom. The molecule has 1 amide bonds. The maximum Gasteiger partial charge on any atom is 0.573 e.